The fourth-order valence-electron chi connectivity index (χ4n) is 3.73. The summed E-state index contributed by atoms with van der Waals surface area (Å²) in [6.07, 6.45) is 3.24. The molecular weight excluding hydrogens is 383 g/mol. The topological polar surface area (TPSA) is 56.8 Å². The van der Waals surface area contributed by atoms with Crippen molar-refractivity contribution >= 4 is 23.2 Å². The molecule has 1 aliphatic rings. The predicted octanol–water partition coefficient (Wildman–Crippen LogP) is 3.18. The Morgan fingerprint density at radius 3 is 2.53 bits per heavy atom. The third kappa shape index (κ3) is 4.96. The van der Waals surface area contributed by atoms with E-state index in [9.17, 15) is 14.0 Å². The molecule has 30 heavy (non-hydrogen) atoms. The number of rotatable bonds is 6. The Bertz CT molecular complexity index is 910. The van der Waals surface area contributed by atoms with Crippen LogP contribution in [-0.2, 0) is 16.0 Å². The number of pyridine rings is 1. The molecule has 6 nitrogen and oxygen atoms in total. The molecule has 2 aromatic rings. The number of aryl methyl sites for hydroxylation is 2. The summed E-state index contributed by atoms with van der Waals surface area (Å²) in [5, 5.41) is 0. The average molecular weight is 413 g/mol. The molecule has 0 spiro atoms. The first-order valence-corrected chi connectivity index (χ1v) is 10.4. The normalized spacial score (nSPS) is 14.0. The van der Waals surface area contributed by atoms with Gasteiger partial charge in [-0.15, -0.1) is 0 Å². The van der Waals surface area contributed by atoms with E-state index in [1.807, 2.05) is 30.0 Å². The molecule has 160 valence electrons. The number of amides is 2. The lowest BCUT2D eigenvalue weighted by molar-refractivity contribution is -0.131. The zero-order valence-electron chi connectivity index (χ0n) is 17.9. The number of carbonyl (C=O) groups excluding carboxylic acids is 2. The second kappa shape index (κ2) is 9.69. The van der Waals surface area contributed by atoms with E-state index in [0.717, 1.165) is 16.9 Å². The van der Waals surface area contributed by atoms with Crippen LogP contribution in [0.15, 0.2) is 36.5 Å². The van der Waals surface area contributed by atoms with Crippen LogP contribution in [0.5, 0.6) is 0 Å². The smallest absolute Gasteiger partial charge is 0.226 e. The largest absolute Gasteiger partial charge is 0.368 e. The Morgan fingerprint density at radius 2 is 1.90 bits per heavy atom. The zero-order chi connectivity index (χ0) is 21.7. The van der Waals surface area contributed by atoms with Gasteiger partial charge in [0.1, 0.15) is 5.82 Å². The van der Waals surface area contributed by atoms with Gasteiger partial charge in [0.05, 0.1) is 5.69 Å². The van der Waals surface area contributed by atoms with Gasteiger partial charge < -0.3 is 14.7 Å². The van der Waals surface area contributed by atoms with Crippen molar-refractivity contribution in [3.05, 3.63) is 53.6 Å². The summed E-state index contributed by atoms with van der Waals surface area (Å²) in [6.45, 7) is 6.24. The van der Waals surface area contributed by atoms with Gasteiger partial charge in [0, 0.05) is 63.6 Å². The van der Waals surface area contributed by atoms with Crippen LogP contribution >= 0.6 is 0 Å². The van der Waals surface area contributed by atoms with Gasteiger partial charge in [-0.05, 0) is 43.2 Å². The molecule has 0 unspecified atom stereocenters. The highest BCUT2D eigenvalue weighted by molar-refractivity contribution is 5.92. The summed E-state index contributed by atoms with van der Waals surface area (Å²) in [6, 6.07) is 8.85. The highest BCUT2D eigenvalue weighted by Crippen LogP contribution is 2.26. The third-order valence-corrected chi connectivity index (χ3v) is 5.69. The number of carbonyl (C=O) groups is 2. The molecule has 1 aromatic heterocycles. The first-order valence-electron chi connectivity index (χ1n) is 10.4. The molecule has 0 aliphatic carbocycles. The third-order valence-electron chi connectivity index (χ3n) is 5.69. The molecule has 3 rings (SSSR count). The number of benzene rings is 1. The lowest BCUT2D eigenvalue weighted by atomic mass is 10.1. The minimum atomic E-state index is -0.415. The highest BCUT2D eigenvalue weighted by atomic mass is 19.1. The standard InChI is InChI=1S/C23H29FN4O2/c1-4-22(29)26(3)21-9-8-19(16-20(21)24)27-12-14-28(15-13-27)23(30)10-7-18-6-5-11-25-17(18)2/h5-6,8-9,11,16H,4,7,10,12-15H2,1-3H3. The summed E-state index contributed by atoms with van der Waals surface area (Å²) in [7, 11) is 1.58. The van der Waals surface area contributed by atoms with Crippen molar-refractivity contribution in [2.24, 2.45) is 0 Å². The minimum absolute atomic E-state index is 0.129. The van der Waals surface area contributed by atoms with Gasteiger partial charge in [0.15, 0.2) is 0 Å². The summed E-state index contributed by atoms with van der Waals surface area (Å²) < 4.78 is 14.6. The average Bonchev–Trinajstić information content (AvgIpc) is 2.77. The lowest BCUT2D eigenvalue weighted by Gasteiger charge is -2.36. The minimum Gasteiger partial charge on any atom is -0.368 e. The number of nitrogens with zero attached hydrogens (tertiary/aromatic N) is 4. The number of anilines is 2. The van der Waals surface area contributed by atoms with Crippen molar-refractivity contribution in [3.8, 4) is 0 Å². The monoisotopic (exact) mass is 412 g/mol. The fourth-order valence-corrected chi connectivity index (χ4v) is 3.73. The van der Waals surface area contributed by atoms with Crippen molar-refractivity contribution in [1.82, 2.24) is 9.88 Å². The van der Waals surface area contributed by atoms with Crippen molar-refractivity contribution in [3.63, 3.8) is 0 Å². The van der Waals surface area contributed by atoms with Crippen LogP contribution in [0.3, 0.4) is 0 Å². The van der Waals surface area contributed by atoms with Crippen LogP contribution < -0.4 is 9.80 Å². The van der Waals surface area contributed by atoms with Crippen molar-refractivity contribution < 1.29 is 14.0 Å². The molecule has 1 aromatic carbocycles. The van der Waals surface area contributed by atoms with Gasteiger partial charge in [0.2, 0.25) is 11.8 Å². The van der Waals surface area contributed by atoms with E-state index in [2.05, 4.69) is 9.88 Å². The summed E-state index contributed by atoms with van der Waals surface area (Å²) >= 11 is 0. The number of aromatic nitrogens is 1. The van der Waals surface area contributed by atoms with Crippen LogP contribution in [-0.4, -0.2) is 54.9 Å². The van der Waals surface area contributed by atoms with Gasteiger partial charge in [-0.25, -0.2) is 4.39 Å². The maximum Gasteiger partial charge on any atom is 0.226 e. The SMILES string of the molecule is CCC(=O)N(C)c1ccc(N2CCN(C(=O)CCc3cccnc3C)CC2)cc1F. The molecular formula is C23H29FN4O2. The van der Waals surface area contributed by atoms with Gasteiger partial charge in [-0.2, -0.15) is 0 Å². The van der Waals surface area contributed by atoms with Crippen LogP contribution in [0.1, 0.15) is 31.0 Å². The van der Waals surface area contributed by atoms with Crippen LogP contribution in [0, 0.1) is 12.7 Å². The van der Waals surface area contributed by atoms with Crippen LogP contribution in [0.25, 0.3) is 0 Å². The maximum atomic E-state index is 14.6. The van der Waals surface area contributed by atoms with E-state index in [1.165, 1.54) is 11.0 Å². The zero-order valence-corrected chi connectivity index (χ0v) is 17.9. The first kappa shape index (κ1) is 21.7. The Labute approximate surface area is 177 Å². The molecule has 1 fully saturated rings. The number of halogens is 1. The molecule has 7 heteroatoms. The maximum absolute atomic E-state index is 14.6. The predicted molar refractivity (Wildman–Crippen MR) is 116 cm³/mol. The second-order valence-electron chi connectivity index (χ2n) is 7.56. The van der Waals surface area contributed by atoms with Crippen molar-refractivity contribution in [2.75, 3.05) is 43.0 Å². The van der Waals surface area contributed by atoms with Gasteiger partial charge in [0.25, 0.3) is 0 Å². The van der Waals surface area contributed by atoms with E-state index in [1.54, 1.807) is 26.2 Å². The molecule has 1 saturated heterocycles. The molecule has 0 saturated carbocycles. The Kier molecular flexibility index (Phi) is 7.03. The molecule has 0 bridgehead atoms. The van der Waals surface area contributed by atoms with Crippen LogP contribution in [0.4, 0.5) is 15.8 Å². The molecule has 0 N–H and O–H groups in total. The number of hydrogen-bond donors (Lipinski definition) is 0. The van der Waals surface area contributed by atoms with Gasteiger partial charge in [-0.1, -0.05) is 13.0 Å². The molecule has 2 amide bonds. The van der Waals surface area contributed by atoms with Crippen molar-refractivity contribution in [1.29, 1.82) is 0 Å². The summed E-state index contributed by atoms with van der Waals surface area (Å²) in [4.78, 5) is 34.0. The molecule has 0 atom stereocenters. The number of hydrogen-bond acceptors (Lipinski definition) is 4. The van der Waals surface area contributed by atoms with E-state index in [4.69, 9.17) is 0 Å². The summed E-state index contributed by atoms with van der Waals surface area (Å²) in [5.74, 6) is -0.406. The Hall–Kier alpha value is -2.96. The Balaban J connectivity index is 1.55. The quantitative estimate of drug-likeness (QED) is 0.731. The first-order chi connectivity index (χ1) is 14.4. The van der Waals surface area contributed by atoms with Crippen molar-refractivity contribution in [2.45, 2.75) is 33.1 Å². The molecule has 1 aliphatic heterocycles. The Morgan fingerprint density at radius 1 is 1.17 bits per heavy atom. The lowest BCUT2D eigenvalue weighted by Crippen LogP contribution is -2.48. The molecule has 0 radical (unpaired) electrons. The van der Waals surface area contributed by atoms with E-state index < -0.39 is 5.82 Å². The van der Waals surface area contributed by atoms with E-state index in [0.29, 0.717) is 45.4 Å². The van der Waals surface area contributed by atoms with Gasteiger partial charge >= 0.3 is 0 Å². The van der Waals surface area contributed by atoms with Crippen LogP contribution in [0.2, 0.25) is 0 Å². The van der Waals surface area contributed by atoms with E-state index >= 15 is 0 Å². The highest BCUT2D eigenvalue weighted by Gasteiger charge is 2.22. The second-order valence-corrected chi connectivity index (χ2v) is 7.56. The number of piperazine rings is 1. The molecule has 2 heterocycles. The van der Waals surface area contributed by atoms with Gasteiger partial charge in [-0.3, -0.25) is 14.6 Å². The fraction of sp³-hybridized carbons (Fsp3) is 0.435. The van der Waals surface area contributed by atoms with E-state index in [-0.39, 0.29) is 17.5 Å². The summed E-state index contributed by atoms with van der Waals surface area (Å²) in [5.41, 5.74) is 3.12.